The third-order valence-electron chi connectivity index (χ3n) is 3.60. The monoisotopic (exact) mass is 296 g/mol. The Kier molecular flexibility index (Phi) is 5.21. The van der Waals surface area contributed by atoms with Gasteiger partial charge in [0.1, 0.15) is 0 Å². The molecule has 0 bridgehead atoms. The number of aromatic nitrogens is 1. The molecule has 2 heterocycles. The summed E-state index contributed by atoms with van der Waals surface area (Å²) in [5.41, 5.74) is 1.37. The van der Waals surface area contributed by atoms with Crippen LogP contribution in [-0.2, 0) is 16.7 Å². The minimum Gasteiger partial charge on any atom is -0.381 e. The second-order valence-electron chi connectivity index (χ2n) is 7.02. The van der Waals surface area contributed by atoms with E-state index in [2.05, 4.69) is 39.9 Å². The van der Waals surface area contributed by atoms with Crippen molar-refractivity contribution in [2.24, 2.45) is 0 Å². The Hall–Kier alpha value is -0.450. The van der Waals surface area contributed by atoms with Crippen LogP contribution in [0.3, 0.4) is 0 Å². The molecule has 20 heavy (non-hydrogen) atoms. The summed E-state index contributed by atoms with van der Waals surface area (Å²) < 4.78 is 5.62. The predicted octanol–water partition coefficient (Wildman–Crippen LogP) is 3.83. The molecule has 1 N–H and O–H groups in total. The van der Waals surface area contributed by atoms with Gasteiger partial charge < -0.3 is 10.1 Å². The van der Waals surface area contributed by atoms with Crippen LogP contribution < -0.4 is 5.32 Å². The number of hydrogen-bond donors (Lipinski definition) is 1. The van der Waals surface area contributed by atoms with Crippen molar-refractivity contribution in [2.45, 2.75) is 71.4 Å². The molecule has 0 spiro atoms. The molecule has 0 aliphatic carbocycles. The van der Waals surface area contributed by atoms with Gasteiger partial charge in [0.2, 0.25) is 0 Å². The van der Waals surface area contributed by atoms with Gasteiger partial charge >= 0.3 is 0 Å². The Balaban J connectivity index is 2.21. The first kappa shape index (κ1) is 15.9. The molecule has 114 valence electrons. The van der Waals surface area contributed by atoms with Crippen LogP contribution in [-0.4, -0.2) is 24.2 Å². The van der Waals surface area contributed by atoms with E-state index in [1.165, 1.54) is 22.0 Å². The Morgan fingerprint density at radius 3 is 2.70 bits per heavy atom. The van der Waals surface area contributed by atoms with E-state index in [4.69, 9.17) is 9.72 Å². The average Bonchev–Trinajstić information content (AvgIpc) is 2.81. The molecule has 2 rings (SSSR count). The molecule has 1 saturated heterocycles. The SMILES string of the molecule is CC(C)NCc1sc(C2CCCOC2)nc1C(C)(C)C. The minimum atomic E-state index is 0.109. The second kappa shape index (κ2) is 6.54. The highest BCUT2D eigenvalue weighted by Gasteiger charge is 2.27. The van der Waals surface area contributed by atoms with Crippen LogP contribution >= 0.6 is 11.3 Å². The van der Waals surface area contributed by atoms with E-state index in [1.54, 1.807) is 0 Å². The first-order chi connectivity index (χ1) is 9.38. The fraction of sp³-hybridized carbons (Fsp3) is 0.812. The molecule has 0 radical (unpaired) electrons. The lowest BCUT2D eigenvalue weighted by Crippen LogP contribution is -2.24. The first-order valence-electron chi connectivity index (χ1n) is 7.69. The third-order valence-corrected chi connectivity index (χ3v) is 4.82. The quantitative estimate of drug-likeness (QED) is 0.917. The van der Waals surface area contributed by atoms with Gasteiger partial charge in [-0.05, 0) is 12.8 Å². The van der Waals surface area contributed by atoms with Crippen molar-refractivity contribution in [2.75, 3.05) is 13.2 Å². The standard InChI is InChI=1S/C16H28N2OS/c1-11(2)17-9-13-14(16(3,4)5)18-15(20-13)12-7-6-8-19-10-12/h11-12,17H,6-10H2,1-5H3. The molecule has 1 aromatic heterocycles. The van der Waals surface area contributed by atoms with E-state index >= 15 is 0 Å². The van der Waals surface area contributed by atoms with E-state index < -0.39 is 0 Å². The Morgan fingerprint density at radius 1 is 1.40 bits per heavy atom. The van der Waals surface area contributed by atoms with E-state index in [0.717, 1.165) is 26.2 Å². The van der Waals surface area contributed by atoms with Gasteiger partial charge in [0, 0.05) is 35.4 Å². The summed E-state index contributed by atoms with van der Waals surface area (Å²) in [5.74, 6) is 0.502. The fourth-order valence-electron chi connectivity index (χ4n) is 2.48. The molecule has 0 amide bonds. The lowest BCUT2D eigenvalue weighted by atomic mass is 9.91. The Morgan fingerprint density at radius 2 is 2.15 bits per heavy atom. The topological polar surface area (TPSA) is 34.1 Å². The summed E-state index contributed by atoms with van der Waals surface area (Å²) in [5, 5.41) is 4.80. The van der Waals surface area contributed by atoms with Crippen LogP contribution in [0.4, 0.5) is 0 Å². The summed E-state index contributed by atoms with van der Waals surface area (Å²) >= 11 is 1.88. The van der Waals surface area contributed by atoms with E-state index in [9.17, 15) is 0 Å². The van der Waals surface area contributed by atoms with Crippen LogP contribution in [0.15, 0.2) is 0 Å². The molecule has 1 fully saturated rings. The van der Waals surface area contributed by atoms with Crippen molar-refractivity contribution >= 4 is 11.3 Å². The van der Waals surface area contributed by atoms with Crippen molar-refractivity contribution in [1.29, 1.82) is 0 Å². The van der Waals surface area contributed by atoms with Crippen LogP contribution in [0.1, 0.15) is 69.0 Å². The molecule has 0 aromatic carbocycles. The van der Waals surface area contributed by atoms with Crippen molar-refractivity contribution in [3.05, 3.63) is 15.6 Å². The highest BCUT2D eigenvalue weighted by Crippen LogP contribution is 2.35. The minimum absolute atomic E-state index is 0.109. The largest absolute Gasteiger partial charge is 0.381 e. The number of hydrogen-bond acceptors (Lipinski definition) is 4. The molecule has 0 saturated carbocycles. The molecular weight excluding hydrogens is 268 g/mol. The highest BCUT2D eigenvalue weighted by molar-refractivity contribution is 7.11. The van der Waals surface area contributed by atoms with E-state index in [-0.39, 0.29) is 5.41 Å². The summed E-state index contributed by atoms with van der Waals surface area (Å²) in [4.78, 5) is 6.38. The van der Waals surface area contributed by atoms with Gasteiger partial charge in [0.25, 0.3) is 0 Å². The molecule has 1 atom stereocenters. The smallest absolute Gasteiger partial charge is 0.0985 e. The van der Waals surface area contributed by atoms with Crippen molar-refractivity contribution < 1.29 is 4.74 Å². The van der Waals surface area contributed by atoms with Gasteiger partial charge in [-0.15, -0.1) is 11.3 Å². The summed E-state index contributed by atoms with van der Waals surface area (Å²) in [6, 6.07) is 0.506. The summed E-state index contributed by atoms with van der Waals surface area (Å²) in [6.45, 7) is 13.8. The third kappa shape index (κ3) is 4.03. The zero-order chi connectivity index (χ0) is 14.8. The lowest BCUT2D eigenvalue weighted by molar-refractivity contribution is 0.0803. The molecular formula is C16H28N2OS. The zero-order valence-corrected chi connectivity index (χ0v) is 14.3. The van der Waals surface area contributed by atoms with Crippen molar-refractivity contribution in [3.63, 3.8) is 0 Å². The summed E-state index contributed by atoms with van der Waals surface area (Å²) in [7, 11) is 0. The molecule has 4 heteroatoms. The highest BCUT2D eigenvalue weighted by atomic mass is 32.1. The van der Waals surface area contributed by atoms with Crippen molar-refractivity contribution in [1.82, 2.24) is 10.3 Å². The molecule has 1 unspecified atom stereocenters. The van der Waals surface area contributed by atoms with Crippen LogP contribution in [0.2, 0.25) is 0 Å². The van der Waals surface area contributed by atoms with Crippen LogP contribution in [0.5, 0.6) is 0 Å². The maximum atomic E-state index is 5.62. The van der Waals surface area contributed by atoms with Gasteiger partial charge in [-0.2, -0.15) is 0 Å². The van der Waals surface area contributed by atoms with Gasteiger partial charge in [0.05, 0.1) is 17.3 Å². The number of nitrogens with zero attached hydrogens (tertiary/aromatic N) is 1. The molecule has 1 aliphatic rings. The molecule has 3 nitrogen and oxygen atoms in total. The van der Waals surface area contributed by atoms with Crippen LogP contribution in [0, 0.1) is 0 Å². The lowest BCUT2D eigenvalue weighted by Gasteiger charge is -2.20. The van der Waals surface area contributed by atoms with Gasteiger partial charge in [-0.3, -0.25) is 0 Å². The van der Waals surface area contributed by atoms with Gasteiger partial charge in [0.15, 0.2) is 0 Å². The predicted molar refractivity (Wildman–Crippen MR) is 85.6 cm³/mol. The molecule has 1 aromatic rings. The number of thiazole rings is 1. The Bertz CT molecular complexity index is 428. The Labute approximate surface area is 127 Å². The maximum absolute atomic E-state index is 5.62. The van der Waals surface area contributed by atoms with E-state index in [1.807, 2.05) is 11.3 Å². The number of rotatable bonds is 4. The first-order valence-corrected chi connectivity index (χ1v) is 8.50. The van der Waals surface area contributed by atoms with Gasteiger partial charge in [-0.25, -0.2) is 4.98 Å². The maximum Gasteiger partial charge on any atom is 0.0985 e. The fourth-order valence-corrected chi connectivity index (χ4v) is 3.83. The van der Waals surface area contributed by atoms with Crippen molar-refractivity contribution in [3.8, 4) is 0 Å². The summed E-state index contributed by atoms with van der Waals surface area (Å²) in [6.07, 6.45) is 2.38. The van der Waals surface area contributed by atoms with E-state index in [0.29, 0.717) is 12.0 Å². The van der Waals surface area contributed by atoms with Gasteiger partial charge in [-0.1, -0.05) is 34.6 Å². The zero-order valence-electron chi connectivity index (χ0n) is 13.5. The number of nitrogens with one attached hydrogen (secondary N) is 1. The second-order valence-corrected chi connectivity index (χ2v) is 8.14. The normalized spacial score (nSPS) is 20.6. The number of ether oxygens (including phenoxy) is 1. The average molecular weight is 296 g/mol. The van der Waals surface area contributed by atoms with Crippen LogP contribution in [0.25, 0.3) is 0 Å². The molecule has 1 aliphatic heterocycles.